The highest BCUT2D eigenvalue weighted by atomic mass is 35.5. The topological polar surface area (TPSA) is 103 Å². The van der Waals surface area contributed by atoms with Crippen LogP contribution in [0, 0.1) is 19.7 Å². The zero-order chi connectivity index (χ0) is 27.9. The van der Waals surface area contributed by atoms with E-state index in [1.807, 2.05) is 48.9 Å². The van der Waals surface area contributed by atoms with Gasteiger partial charge in [-0.05, 0) is 66.9 Å². The van der Waals surface area contributed by atoms with Crippen molar-refractivity contribution in [1.29, 1.82) is 0 Å². The zero-order valence-electron chi connectivity index (χ0n) is 21.4. The van der Waals surface area contributed by atoms with Crippen LogP contribution in [0.2, 0.25) is 5.02 Å². The summed E-state index contributed by atoms with van der Waals surface area (Å²) in [6, 6.07) is 15.5. The van der Waals surface area contributed by atoms with E-state index in [4.69, 9.17) is 11.6 Å². The molecule has 39 heavy (non-hydrogen) atoms. The van der Waals surface area contributed by atoms with Gasteiger partial charge in [0.25, 0.3) is 0 Å². The molecule has 0 bridgehead atoms. The Kier molecular flexibility index (Phi) is 7.11. The molecule has 0 aliphatic heterocycles. The molecule has 0 unspecified atom stereocenters. The number of benzene rings is 3. The van der Waals surface area contributed by atoms with Crippen molar-refractivity contribution < 1.29 is 17.9 Å². The highest BCUT2D eigenvalue weighted by Gasteiger charge is 2.21. The van der Waals surface area contributed by atoms with Gasteiger partial charge in [0.05, 0.1) is 40.5 Å². The fourth-order valence-corrected chi connectivity index (χ4v) is 5.80. The molecule has 0 saturated carbocycles. The minimum absolute atomic E-state index is 0.255. The number of aliphatic hydroxyl groups excluding tert-OH is 1. The average molecular weight is 566 g/mol. The summed E-state index contributed by atoms with van der Waals surface area (Å²) in [7, 11) is -3.80. The van der Waals surface area contributed by atoms with E-state index in [0.29, 0.717) is 28.3 Å². The maximum absolute atomic E-state index is 15.0. The summed E-state index contributed by atoms with van der Waals surface area (Å²) < 4.78 is 43.4. The molecule has 0 amide bonds. The van der Waals surface area contributed by atoms with Crippen molar-refractivity contribution in [2.45, 2.75) is 31.8 Å². The van der Waals surface area contributed by atoms with Crippen LogP contribution in [0.1, 0.15) is 28.3 Å². The predicted octanol–water partition coefficient (Wildman–Crippen LogP) is 5.02. The van der Waals surface area contributed by atoms with Gasteiger partial charge in [-0.1, -0.05) is 35.0 Å². The second-order valence-electron chi connectivity index (χ2n) is 9.31. The molecule has 0 atom stereocenters. The van der Waals surface area contributed by atoms with Gasteiger partial charge in [0.1, 0.15) is 11.6 Å². The highest BCUT2D eigenvalue weighted by molar-refractivity contribution is 7.90. The lowest BCUT2D eigenvalue weighted by Crippen LogP contribution is -2.09. The van der Waals surface area contributed by atoms with Gasteiger partial charge in [-0.3, -0.25) is 0 Å². The predicted molar refractivity (Wildman–Crippen MR) is 147 cm³/mol. The van der Waals surface area contributed by atoms with Crippen LogP contribution in [0.25, 0.3) is 22.5 Å². The molecular formula is C28H25ClFN5O3S. The summed E-state index contributed by atoms with van der Waals surface area (Å²) >= 11 is 6.20. The second kappa shape index (κ2) is 10.4. The number of hydrogen-bond donors (Lipinski definition) is 1. The molecule has 2 aromatic heterocycles. The molecule has 0 spiro atoms. The van der Waals surface area contributed by atoms with Crippen LogP contribution in [0.4, 0.5) is 4.39 Å². The van der Waals surface area contributed by atoms with Crippen LogP contribution in [0.15, 0.2) is 71.9 Å². The Morgan fingerprint density at radius 3 is 2.49 bits per heavy atom. The molecule has 2 heterocycles. The number of aryl methyl sites for hydroxylation is 2. The molecule has 0 aliphatic rings. The molecule has 0 fully saturated rings. The fourth-order valence-electron chi connectivity index (χ4n) is 4.64. The van der Waals surface area contributed by atoms with Crippen LogP contribution >= 0.6 is 11.6 Å². The third-order valence-electron chi connectivity index (χ3n) is 6.41. The second-order valence-corrected chi connectivity index (χ2v) is 11.7. The van der Waals surface area contributed by atoms with Gasteiger partial charge in [0, 0.05) is 29.5 Å². The van der Waals surface area contributed by atoms with Crippen molar-refractivity contribution >= 4 is 21.4 Å². The number of hydrogen-bond acceptors (Lipinski definition) is 6. The van der Waals surface area contributed by atoms with E-state index >= 15 is 0 Å². The fraction of sp³-hybridized carbons (Fsp3) is 0.179. The van der Waals surface area contributed by atoms with Crippen molar-refractivity contribution in [2.24, 2.45) is 0 Å². The number of sulfone groups is 1. The summed E-state index contributed by atoms with van der Waals surface area (Å²) in [6.45, 7) is 3.06. The molecular weight excluding hydrogens is 541 g/mol. The van der Waals surface area contributed by atoms with E-state index in [1.54, 1.807) is 29.1 Å². The van der Waals surface area contributed by atoms with Crippen LogP contribution < -0.4 is 0 Å². The minimum atomic E-state index is -3.80. The van der Waals surface area contributed by atoms with Gasteiger partial charge in [-0.15, -0.1) is 5.10 Å². The molecule has 3 aromatic carbocycles. The summed E-state index contributed by atoms with van der Waals surface area (Å²) in [6.07, 6.45) is 5.05. The SMILES string of the molecule is Cc1cn(-c2ccc(-c3cc(F)c(CO)c(S(C)(=O)=O)c3)cc2-n2nncc2Cc2cccc(Cl)c2)c(C)n1. The van der Waals surface area contributed by atoms with Crippen molar-refractivity contribution in [1.82, 2.24) is 24.5 Å². The van der Waals surface area contributed by atoms with Crippen LogP contribution in [-0.4, -0.2) is 44.3 Å². The molecule has 200 valence electrons. The molecule has 0 radical (unpaired) electrons. The smallest absolute Gasteiger partial charge is 0.176 e. The molecule has 8 nitrogen and oxygen atoms in total. The van der Waals surface area contributed by atoms with Crippen LogP contribution in [-0.2, 0) is 22.9 Å². The monoisotopic (exact) mass is 565 g/mol. The molecule has 0 saturated heterocycles. The third kappa shape index (κ3) is 5.36. The number of aromatic nitrogens is 5. The Morgan fingerprint density at radius 2 is 1.82 bits per heavy atom. The van der Waals surface area contributed by atoms with Gasteiger partial charge in [-0.2, -0.15) is 0 Å². The van der Waals surface area contributed by atoms with Crippen molar-refractivity contribution in [3.05, 3.63) is 106 Å². The van der Waals surface area contributed by atoms with Crippen molar-refractivity contribution in [3.8, 4) is 22.5 Å². The Labute approximate surface area is 230 Å². The van der Waals surface area contributed by atoms with Gasteiger partial charge in [-0.25, -0.2) is 22.5 Å². The van der Waals surface area contributed by atoms with E-state index in [-0.39, 0.29) is 10.5 Å². The molecule has 11 heteroatoms. The van der Waals surface area contributed by atoms with Gasteiger partial charge < -0.3 is 9.67 Å². The highest BCUT2D eigenvalue weighted by Crippen LogP contribution is 2.32. The summed E-state index contributed by atoms with van der Waals surface area (Å²) in [5.74, 6) is -0.0414. The molecule has 5 aromatic rings. The van der Waals surface area contributed by atoms with E-state index in [0.717, 1.165) is 34.7 Å². The maximum Gasteiger partial charge on any atom is 0.176 e. The van der Waals surface area contributed by atoms with E-state index < -0.39 is 22.3 Å². The summed E-state index contributed by atoms with van der Waals surface area (Å²) in [5.41, 5.74) is 4.61. The first-order valence-corrected chi connectivity index (χ1v) is 14.3. The normalized spacial score (nSPS) is 11.7. The Bertz CT molecular complexity index is 1810. The van der Waals surface area contributed by atoms with E-state index in [9.17, 15) is 17.9 Å². The van der Waals surface area contributed by atoms with Crippen molar-refractivity contribution in [2.75, 3.05) is 6.26 Å². The quantitative estimate of drug-likeness (QED) is 0.297. The van der Waals surface area contributed by atoms with Gasteiger partial charge >= 0.3 is 0 Å². The summed E-state index contributed by atoms with van der Waals surface area (Å²) in [5, 5.41) is 18.7. The Hall–Kier alpha value is -3.86. The van der Waals surface area contributed by atoms with Crippen LogP contribution in [0.5, 0.6) is 0 Å². The van der Waals surface area contributed by atoms with Crippen molar-refractivity contribution in [3.63, 3.8) is 0 Å². The summed E-state index contributed by atoms with van der Waals surface area (Å²) in [4.78, 5) is 4.27. The average Bonchev–Trinajstić information content (AvgIpc) is 3.47. The van der Waals surface area contributed by atoms with Gasteiger partial charge in [0.15, 0.2) is 9.84 Å². The first kappa shape index (κ1) is 26.7. The first-order valence-electron chi connectivity index (χ1n) is 12.0. The van der Waals surface area contributed by atoms with E-state index in [1.165, 1.54) is 12.1 Å². The number of aliphatic hydroxyl groups is 1. The number of nitrogens with zero attached hydrogens (tertiary/aromatic N) is 5. The molecule has 0 aliphatic carbocycles. The zero-order valence-corrected chi connectivity index (χ0v) is 23.0. The lowest BCUT2D eigenvalue weighted by atomic mass is 10.0. The first-order chi connectivity index (χ1) is 18.5. The lowest BCUT2D eigenvalue weighted by Gasteiger charge is -2.17. The molecule has 1 N–H and O–H groups in total. The Balaban J connectivity index is 1.71. The number of rotatable bonds is 7. The minimum Gasteiger partial charge on any atom is -0.392 e. The lowest BCUT2D eigenvalue weighted by molar-refractivity contribution is 0.272. The number of imidazole rings is 1. The van der Waals surface area contributed by atoms with E-state index in [2.05, 4.69) is 15.3 Å². The number of halogens is 2. The Morgan fingerprint density at radius 1 is 1.03 bits per heavy atom. The molecule has 5 rings (SSSR count). The standard InChI is InChI=1S/C28H25ClFN5O3S/c1-17-15-34(18(2)32-17)26-8-7-20(21-11-25(30)24(16-36)28(13-21)39(3,37)38)12-27(26)35-23(14-31-33-35)10-19-5-4-6-22(29)9-19/h4-9,11-15,36H,10,16H2,1-3H3. The third-order valence-corrected chi connectivity index (χ3v) is 7.80. The maximum atomic E-state index is 15.0. The largest absolute Gasteiger partial charge is 0.392 e. The van der Waals surface area contributed by atoms with Crippen LogP contribution in [0.3, 0.4) is 0 Å². The van der Waals surface area contributed by atoms with Gasteiger partial charge in [0.2, 0.25) is 0 Å².